The van der Waals surface area contributed by atoms with Crippen LogP contribution in [0.4, 0.5) is 5.82 Å². The Morgan fingerprint density at radius 3 is 2.60 bits per heavy atom. The van der Waals surface area contributed by atoms with Gasteiger partial charge in [-0.2, -0.15) is 0 Å². The van der Waals surface area contributed by atoms with E-state index in [1.54, 1.807) is 0 Å². The molecule has 0 bridgehead atoms. The summed E-state index contributed by atoms with van der Waals surface area (Å²) in [6.07, 6.45) is 0. The van der Waals surface area contributed by atoms with Gasteiger partial charge in [0.15, 0.2) is 0 Å². The summed E-state index contributed by atoms with van der Waals surface area (Å²) in [6, 6.07) is 4.74. The van der Waals surface area contributed by atoms with Crippen molar-refractivity contribution in [2.24, 2.45) is 0 Å². The van der Waals surface area contributed by atoms with E-state index in [9.17, 15) is 0 Å². The smallest absolute Gasteiger partial charge is 0.129 e. The first-order chi connectivity index (χ1) is 7.04. The maximum atomic E-state index is 4.54. The third-order valence-corrected chi connectivity index (χ3v) is 2.52. The average molecular weight is 207 g/mol. The summed E-state index contributed by atoms with van der Waals surface area (Å²) in [4.78, 5) is 6.72. The second-order valence-electron chi connectivity index (χ2n) is 4.21. The second kappa shape index (κ2) is 5.12. The highest BCUT2D eigenvalue weighted by atomic mass is 15.2. The Kier molecular flexibility index (Phi) is 4.09. The van der Waals surface area contributed by atoms with Crippen LogP contribution in [0.3, 0.4) is 0 Å². The lowest BCUT2D eigenvalue weighted by Gasteiger charge is -2.23. The number of pyridine rings is 1. The van der Waals surface area contributed by atoms with Crippen molar-refractivity contribution in [2.45, 2.75) is 33.4 Å². The molecule has 0 aliphatic carbocycles. The highest BCUT2D eigenvalue weighted by Gasteiger charge is 2.07. The summed E-state index contributed by atoms with van der Waals surface area (Å²) in [7, 11) is 4.04. The molecule has 0 radical (unpaired) electrons. The van der Waals surface area contributed by atoms with Gasteiger partial charge in [0.1, 0.15) is 5.82 Å². The molecule has 3 nitrogen and oxygen atoms in total. The fraction of sp³-hybridized carbons (Fsp3) is 0.583. The molecule has 1 N–H and O–H groups in total. The summed E-state index contributed by atoms with van der Waals surface area (Å²) in [5, 5.41) is 3.16. The summed E-state index contributed by atoms with van der Waals surface area (Å²) in [6.45, 7) is 7.27. The van der Waals surface area contributed by atoms with Crippen molar-refractivity contribution >= 4 is 5.82 Å². The van der Waals surface area contributed by atoms with E-state index in [1.165, 1.54) is 5.56 Å². The standard InChI is InChI=1S/C12H21N3/c1-9(2)15(5)12-7-11(8-13-4)6-10(3)14-12/h6-7,9,13H,8H2,1-5H3. The van der Waals surface area contributed by atoms with Crippen molar-refractivity contribution < 1.29 is 0 Å². The number of aromatic nitrogens is 1. The molecule has 0 fully saturated rings. The molecule has 1 aromatic rings. The molecule has 1 aromatic heterocycles. The molecule has 0 unspecified atom stereocenters. The Morgan fingerprint density at radius 1 is 1.40 bits per heavy atom. The summed E-state index contributed by atoms with van der Waals surface area (Å²) in [5.41, 5.74) is 2.36. The first-order valence-electron chi connectivity index (χ1n) is 5.39. The van der Waals surface area contributed by atoms with Crippen LogP contribution in [-0.4, -0.2) is 25.1 Å². The van der Waals surface area contributed by atoms with Crippen LogP contribution in [0.5, 0.6) is 0 Å². The molecule has 0 aliphatic rings. The lowest BCUT2D eigenvalue weighted by molar-refractivity contribution is 0.737. The maximum absolute atomic E-state index is 4.54. The van der Waals surface area contributed by atoms with E-state index in [2.05, 4.69) is 48.2 Å². The van der Waals surface area contributed by atoms with Crippen molar-refractivity contribution in [2.75, 3.05) is 19.0 Å². The molecule has 1 heterocycles. The van der Waals surface area contributed by atoms with Crippen LogP contribution in [0.1, 0.15) is 25.1 Å². The zero-order valence-corrected chi connectivity index (χ0v) is 10.3. The van der Waals surface area contributed by atoms with E-state index in [0.717, 1.165) is 18.1 Å². The summed E-state index contributed by atoms with van der Waals surface area (Å²) >= 11 is 0. The van der Waals surface area contributed by atoms with Gasteiger partial charge in [-0.3, -0.25) is 0 Å². The van der Waals surface area contributed by atoms with Crippen LogP contribution in [0, 0.1) is 6.92 Å². The molecule has 0 spiro atoms. The van der Waals surface area contributed by atoms with Crippen molar-refractivity contribution in [1.82, 2.24) is 10.3 Å². The van der Waals surface area contributed by atoms with Gasteiger partial charge in [-0.15, -0.1) is 0 Å². The fourth-order valence-corrected chi connectivity index (χ4v) is 1.47. The molecule has 84 valence electrons. The van der Waals surface area contributed by atoms with Crippen LogP contribution in [0.25, 0.3) is 0 Å². The molecule has 3 heteroatoms. The van der Waals surface area contributed by atoms with E-state index in [1.807, 2.05) is 14.0 Å². The molecule has 0 amide bonds. The number of hydrogen-bond donors (Lipinski definition) is 1. The number of nitrogens with one attached hydrogen (secondary N) is 1. The number of anilines is 1. The van der Waals surface area contributed by atoms with Crippen LogP contribution in [0.15, 0.2) is 12.1 Å². The predicted octanol–water partition coefficient (Wildman–Crippen LogP) is 1.95. The van der Waals surface area contributed by atoms with Gasteiger partial charge in [-0.05, 0) is 45.5 Å². The normalized spacial score (nSPS) is 10.8. The summed E-state index contributed by atoms with van der Waals surface area (Å²) in [5.74, 6) is 1.05. The Morgan fingerprint density at radius 2 is 2.07 bits per heavy atom. The zero-order valence-electron chi connectivity index (χ0n) is 10.3. The number of nitrogens with zero attached hydrogens (tertiary/aromatic N) is 2. The molecular formula is C12H21N3. The van der Waals surface area contributed by atoms with Gasteiger partial charge < -0.3 is 10.2 Å². The monoisotopic (exact) mass is 207 g/mol. The van der Waals surface area contributed by atoms with Crippen LogP contribution in [-0.2, 0) is 6.54 Å². The van der Waals surface area contributed by atoms with Crippen molar-refractivity contribution in [3.8, 4) is 0 Å². The van der Waals surface area contributed by atoms with Crippen LogP contribution < -0.4 is 10.2 Å². The molecular weight excluding hydrogens is 186 g/mol. The Balaban J connectivity index is 2.97. The van der Waals surface area contributed by atoms with E-state index in [4.69, 9.17) is 0 Å². The van der Waals surface area contributed by atoms with E-state index < -0.39 is 0 Å². The van der Waals surface area contributed by atoms with Crippen LogP contribution >= 0.6 is 0 Å². The fourth-order valence-electron chi connectivity index (χ4n) is 1.47. The molecule has 0 saturated heterocycles. The Hall–Kier alpha value is -1.09. The molecule has 0 atom stereocenters. The van der Waals surface area contributed by atoms with Gasteiger partial charge in [0, 0.05) is 25.3 Å². The average Bonchev–Trinajstić information content (AvgIpc) is 2.16. The number of rotatable bonds is 4. The predicted molar refractivity (Wildman–Crippen MR) is 65.3 cm³/mol. The zero-order chi connectivity index (χ0) is 11.4. The first kappa shape index (κ1) is 12.0. The second-order valence-corrected chi connectivity index (χ2v) is 4.21. The molecule has 15 heavy (non-hydrogen) atoms. The molecule has 1 rings (SSSR count). The van der Waals surface area contributed by atoms with Gasteiger partial charge in [-0.25, -0.2) is 4.98 Å². The van der Waals surface area contributed by atoms with Gasteiger partial charge in [0.05, 0.1) is 0 Å². The van der Waals surface area contributed by atoms with Crippen molar-refractivity contribution in [1.29, 1.82) is 0 Å². The molecule has 0 aliphatic heterocycles. The Bertz CT molecular complexity index is 321. The number of aryl methyl sites for hydroxylation is 1. The first-order valence-corrected chi connectivity index (χ1v) is 5.39. The quantitative estimate of drug-likeness (QED) is 0.818. The third kappa shape index (κ3) is 3.20. The Labute approximate surface area is 92.5 Å². The lowest BCUT2D eigenvalue weighted by atomic mass is 10.2. The minimum Gasteiger partial charge on any atom is -0.357 e. The number of hydrogen-bond acceptors (Lipinski definition) is 3. The van der Waals surface area contributed by atoms with E-state index in [-0.39, 0.29) is 0 Å². The molecule has 0 aromatic carbocycles. The van der Waals surface area contributed by atoms with Gasteiger partial charge >= 0.3 is 0 Å². The van der Waals surface area contributed by atoms with E-state index >= 15 is 0 Å². The maximum Gasteiger partial charge on any atom is 0.129 e. The van der Waals surface area contributed by atoms with Gasteiger partial charge in [-0.1, -0.05) is 0 Å². The molecule has 0 saturated carbocycles. The largest absolute Gasteiger partial charge is 0.357 e. The highest BCUT2D eigenvalue weighted by molar-refractivity contribution is 5.42. The minimum atomic E-state index is 0.474. The highest BCUT2D eigenvalue weighted by Crippen LogP contribution is 2.15. The van der Waals surface area contributed by atoms with Gasteiger partial charge in [0.25, 0.3) is 0 Å². The topological polar surface area (TPSA) is 28.2 Å². The van der Waals surface area contributed by atoms with E-state index in [0.29, 0.717) is 6.04 Å². The minimum absolute atomic E-state index is 0.474. The van der Waals surface area contributed by atoms with Crippen LogP contribution in [0.2, 0.25) is 0 Å². The summed E-state index contributed by atoms with van der Waals surface area (Å²) < 4.78 is 0. The van der Waals surface area contributed by atoms with Crippen molar-refractivity contribution in [3.63, 3.8) is 0 Å². The third-order valence-electron chi connectivity index (χ3n) is 2.52. The van der Waals surface area contributed by atoms with Crippen molar-refractivity contribution in [3.05, 3.63) is 23.4 Å². The lowest BCUT2D eigenvalue weighted by Crippen LogP contribution is -2.27. The van der Waals surface area contributed by atoms with Gasteiger partial charge in [0.2, 0.25) is 0 Å². The SMILES string of the molecule is CNCc1cc(C)nc(N(C)C(C)C)c1.